The van der Waals surface area contributed by atoms with E-state index < -0.39 is 24.3 Å². The minimum Gasteiger partial charge on any atom is -0.452 e. The molecule has 1 N–H and O–H groups in total. The van der Waals surface area contributed by atoms with E-state index in [4.69, 9.17) is 10.00 Å². The molecular formula is C19H15FN2O3S. The van der Waals surface area contributed by atoms with Crippen molar-refractivity contribution in [3.8, 4) is 6.07 Å². The number of esters is 1. The summed E-state index contributed by atoms with van der Waals surface area (Å²) in [6.07, 6.45) is 2.52. The summed E-state index contributed by atoms with van der Waals surface area (Å²) in [5.41, 5.74) is 1.05. The van der Waals surface area contributed by atoms with Crippen molar-refractivity contribution >= 4 is 35.4 Å². The number of hydrogen-bond donors (Lipinski definition) is 1. The second-order valence-electron chi connectivity index (χ2n) is 4.99. The Balaban J connectivity index is 1.85. The summed E-state index contributed by atoms with van der Waals surface area (Å²) in [6.45, 7) is -0.455. The highest BCUT2D eigenvalue weighted by atomic mass is 32.2. The van der Waals surface area contributed by atoms with Crippen LogP contribution in [0.4, 0.5) is 10.1 Å². The Kier molecular flexibility index (Phi) is 7.40. The molecule has 0 atom stereocenters. The van der Waals surface area contributed by atoms with Gasteiger partial charge in [0, 0.05) is 11.0 Å². The van der Waals surface area contributed by atoms with Gasteiger partial charge in [-0.1, -0.05) is 24.3 Å². The van der Waals surface area contributed by atoms with Crippen molar-refractivity contribution in [3.05, 3.63) is 66.0 Å². The number of ether oxygens (including phenoxy) is 1. The first-order valence-corrected chi connectivity index (χ1v) is 8.56. The number of nitrogens with one attached hydrogen (secondary N) is 1. The number of benzene rings is 2. The fraction of sp³-hybridized carbons (Fsp3) is 0.105. The van der Waals surface area contributed by atoms with Crippen LogP contribution in [0.15, 0.2) is 59.5 Å². The third kappa shape index (κ3) is 6.42. The maximum absolute atomic E-state index is 13.0. The van der Waals surface area contributed by atoms with Gasteiger partial charge in [-0.25, -0.2) is 9.18 Å². The molecule has 0 aliphatic rings. The van der Waals surface area contributed by atoms with Crippen LogP contribution >= 0.6 is 11.8 Å². The fourth-order valence-corrected chi connectivity index (χ4v) is 2.62. The van der Waals surface area contributed by atoms with E-state index in [1.807, 2.05) is 6.07 Å². The van der Waals surface area contributed by atoms with Gasteiger partial charge in [0.1, 0.15) is 5.82 Å². The van der Waals surface area contributed by atoms with Crippen molar-refractivity contribution in [2.24, 2.45) is 0 Å². The molecule has 0 fully saturated rings. The standard InChI is InChI=1S/C19H15FN2O3S/c20-15-5-3-4-14(12-15)8-9-19(24)25-13-18(23)22-16-6-1-2-7-17(16)26-11-10-21/h1-9,12H,11,13H2,(H,22,23)/b9-8+. The second kappa shape index (κ2) is 10.0. The number of rotatable bonds is 7. The van der Waals surface area contributed by atoms with E-state index in [0.717, 1.165) is 11.0 Å². The summed E-state index contributed by atoms with van der Waals surface area (Å²) >= 11 is 1.29. The Morgan fingerprint density at radius 1 is 1.23 bits per heavy atom. The molecule has 0 saturated heterocycles. The Bertz CT molecular complexity index is 862. The fourth-order valence-electron chi connectivity index (χ4n) is 1.95. The highest BCUT2D eigenvalue weighted by Crippen LogP contribution is 2.26. The van der Waals surface area contributed by atoms with E-state index in [1.54, 1.807) is 30.3 Å². The first kappa shape index (κ1) is 19.2. The molecular weight excluding hydrogens is 355 g/mol. The van der Waals surface area contributed by atoms with Gasteiger partial charge in [-0.3, -0.25) is 4.79 Å². The molecule has 0 spiro atoms. The van der Waals surface area contributed by atoms with E-state index in [-0.39, 0.29) is 5.75 Å². The molecule has 0 aliphatic carbocycles. The number of carbonyl (C=O) groups excluding carboxylic acids is 2. The van der Waals surface area contributed by atoms with Gasteiger partial charge in [0.05, 0.1) is 17.5 Å². The minimum absolute atomic E-state index is 0.257. The van der Waals surface area contributed by atoms with Gasteiger partial charge in [-0.15, -0.1) is 11.8 Å². The summed E-state index contributed by atoms with van der Waals surface area (Å²) in [4.78, 5) is 24.3. The number of hydrogen-bond acceptors (Lipinski definition) is 5. The Hall–Kier alpha value is -3.11. The Labute approximate surface area is 154 Å². The molecule has 2 rings (SSSR count). The van der Waals surface area contributed by atoms with Crippen molar-refractivity contribution in [1.29, 1.82) is 5.26 Å². The number of carbonyl (C=O) groups is 2. The zero-order valence-corrected chi connectivity index (χ0v) is 14.5. The predicted molar refractivity (Wildman–Crippen MR) is 97.8 cm³/mol. The largest absolute Gasteiger partial charge is 0.452 e. The molecule has 0 radical (unpaired) electrons. The van der Waals surface area contributed by atoms with Crippen molar-refractivity contribution < 1.29 is 18.7 Å². The normalized spacial score (nSPS) is 10.3. The smallest absolute Gasteiger partial charge is 0.331 e. The van der Waals surface area contributed by atoms with Gasteiger partial charge in [0.25, 0.3) is 5.91 Å². The van der Waals surface area contributed by atoms with Crippen LogP contribution in [0.2, 0.25) is 0 Å². The van der Waals surface area contributed by atoms with Crippen molar-refractivity contribution in [2.75, 3.05) is 17.7 Å². The van der Waals surface area contributed by atoms with E-state index in [0.29, 0.717) is 11.3 Å². The summed E-state index contributed by atoms with van der Waals surface area (Å²) in [7, 11) is 0. The highest BCUT2D eigenvalue weighted by molar-refractivity contribution is 7.99. The molecule has 1 amide bonds. The van der Waals surface area contributed by atoms with E-state index in [9.17, 15) is 14.0 Å². The number of amides is 1. The van der Waals surface area contributed by atoms with Crippen molar-refractivity contribution in [2.45, 2.75) is 4.90 Å². The van der Waals surface area contributed by atoms with Crippen LogP contribution in [0.1, 0.15) is 5.56 Å². The first-order valence-electron chi connectivity index (χ1n) is 7.57. The molecule has 5 nitrogen and oxygen atoms in total. The lowest BCUT2D eigenvalue weighted by molar-refractivity contribution is -0.142. The van der Waals surface area contributed by atoms with Crippen LogP contribution < -0.4 is 5.32 Å². The third-order valence-electron chi connectivity index (χ3n) is 3.06. The molecule has 2 aromatic rings. The zero-order valence-electron chi connectivity index (χ0n) is 13.6. The molecule has 2 aromatic carbocycles. The van der Waals surface area contributed by atoms with Crippen LogP contribution in [0, 0.1) is 17.1 Å². The number of nitriles is 1. The van der Waals surface area contributed by atoms with Gasteiger partial charge in [-0.05, 0) is 35.9 Å². The van der Waals surface area contributed by atoms with Crippen LogP contribution in [-0.2, 0) is 14.3 Å². The van der Waals surface area contributed by atoms with Crippen LogP contribution in [0.25, 0.3) is 6.08 Å². The number of halogens is 1. The van der Waals surface area contributed by atoms with Crippen molar-refractivity contribution in [1.82, 2.24) is 0 Å². The SMILES string of the molecule is N#CCSc1ccccc1NC(=O)COC(=O)/C=C/c1cccc(F)c1. The molecule has 132 valence electrons. The number of nitrogens with zero attached hydrogens (tertiary/aromatic N) is 1. The number of para-hydroxylation sites is 1. The van der Waals surface area contributed by atoms with Gasteiger partial charge < -0.3 is 10.1 Å². The second-order valence-corrected chi connectivity index (χ2v) is 6.00. The van der Waals surface area contributed by atoms with Gasteiger partial charge in [-0.2, -0.15) is 5.26 Å². The molecule has 7 heteroatoms. The average molecular weight is 370 g/mol. The monoisotopic (exact) mass is 370 g/mol. The quantitative estimate of drug-likeness (QED) is 0.457. The van der Waals surface area contributed by atoms with Crippen LogP contribution in [-0.4, -0.2) is 24.2 Å². The summed E-state index contributed by atoms with van der Waals surface area (Å²) < 4.78 is 17.9. The Morgan fingerprint density at radius 3 is 2.81 bits per heavy atom. The molecule has 26 heavy (non-hydrogen) atoms. The van der Waals surface area contributed by atoms with E-state index in [2.05, 4.69) is 5.32 Å². The van der Waals surface area contributed by atoms with Gasteiger partial charge >= 0.3 is 5.97 Å². The molecule has 0 heterocycles. The maximum atomic E-state index is 13.0. The average Bonchev–Trinajstić information content (AvgIpc) is 2.64. The zero-order chi connectivity index (χ0) is 18.8. The molecule has 0 unspecified atom stereocenters. The van der Waals surface area contributed by atoms with E-state index >= 15 is 0 Å². The molecule has 0 aromatic heterocycles. The lowest BCUT2D eigenvalue weighted by Crippen LogP contribution is -2.20. The van der Waals surface area contributed by atoms with Crippen LogP contribution in [0.3, 0.4) is 0 Å². The van der Waals surface area contributed by atoms with Crippen LogP contribution in [0.5, 0.6) is 0 Å². The minimum atomic E-state index is -0.712. The lowest BCUT2D eigenvalue weighted by Gasteiger charge is -2.09. The predicted octanol–water partition coefficient (Wildman–Crippen LogP) is 3.64. The van der Waals surface area contributed by atoms with E-state index in [1.165, 1.54) is 36.0 Å². The van der Waals surface area contributed by atoms with Gasteiger partial charge in [0.15, 0.2) is 6.61 Å². The topological polar surface area (TPSA) is 79.2 Å². The summed E-state index contributed by atoms with van der Waals surface area (Å²) in [6, 6.07) is 14.8. The maximum Gasteiger partial charge on any atom is 0.331 e. The van der Waals surface area contributed by atoms with Gasteiger partial charge in [0.2, 0.25) is 0 Å². The molecule has 0 aliphatic heterocycles. The summed E-state index contributed by atoms with van der Waals surface area (Å²) in [5.74, 6) is -1.36. The lowest BCUT2D eigenvalue weighted by atomic mass is 10.2. The summed E-state index contributed by atoms with van der Waals surface area (Å²) in [5, 5.41) is 11.3. The highest BCUT2D eigenvalue weighted by Gasteiger charge is 2.09. The first-order chi connectivity index (χ1) is 12.6. The molecule has 0 bridgehead atoms. The molecule has 0 saturated carbocycles. The number of thioether (sulfide) groups is 1. The third-order valence-corrected chi connectivity index (χ3v) is 4.00. The van der Waals surface area contributed by atoms with Crippen molar-refractivity contribution in [3.63, 3.8) is 0 Å². The Morgan fingerprint density at radius 2 is 2.04 bits per heavy atom. The number of anilines is 1.